The number of hydrogen-bond acceptors (Lipinski definition) is 3. The third-order valence-corrected chi connectivity index (χ3v) is 3.27. The molecule has 2 rings (SSSR count). The Labute approximate surface area is 116 Å². The van der Waals surface area contributed by atoms with Crippen molar-refractivity contribution in [1.82, 2.24) is 9.88 Å². The average Bonchev–Trinajstić information content (AvgIpc) is 2.36. The van der Waals surface area contributed by atoms with E-state index >= 15 is 0 Å². The quantitative estimate of drug-likeness (QED) is 0.905. The van der Waals surface area contributed by atoms with E-state index in [1.54, 1.807) is 6.08 Å². The van der Waals surface area contributed by atoms with Crippen LogP contribution in [0.1, 0.15) is 17.0 Å². The first-order valence-electron chi connectivity index (χ1n) is 5.56. The molecule has 1 aliphatic rings. The molecule has 0 aromatic carbocycles. The molecule has 0 saturated heterocycles. The number of allylic oxidation sites excluding steroid dienone is 3. The molecule has 0 fully saturated rings. The van der Waals surface area contributed by atoms with Crippen LogP contribution in [0.15, 0.2) is 29.0 Å². The molecule has 0 amide bonds. The maximum absolute atomic E-state index is 9.79. The first-order valence-corrected chi connectivity index (χ1v) is 6.31. The summed E-state index contributed by atoms with van der Waals surface area (Å²) in [6, 6.07) is 3.86. The first kappa shape index (κ1) is 13.4. The summed E-state index contributed by atoms with van der Waals surface area (Å²) in [6.07, 6.45) is 1.86. The maximum atomic E-state index is 9.79. The lowest BCUT2D eigenvalue weighted by Gasteiger charge is -2.12. The van der Waals surface area contributed by atoms with Gasteiger partial charge < -0.3 is 10.0 Å². The van der Waals surface area contributed by atoms with Crippen LogP contribution in [0.3, 0.4) is 0 Å². The number of halogens is 2. The van der Waals surface area contributed by atoms with Crippen LogP contribution in [0.5, 0.6) is 0 Å². The van der Waals surface area contributed by atoms with Crippen LogP contribution in [0.4, 0.5) is 0 Å². The summed E-state index contributed by atoms with van der Waals surface area (Å²) in [5, 5.41) is 10.6. The van der Waals surface area contributed by atoms with Gasteiger partial charge in [-0.15, -0.1) is 0 Å². The SMILES string of the molecule is CN(C)Cc1ccc2c(n1)CC(O)=C(Cl)C=C2Cl. The Morgan fingerprint density at radius 3 is 2.72 bits per heavy atom. The van der Waals surface area contributed by atoms with Gasteiger partial charge in [-0.1, -0.05) is 23.2 Å². The van der Waals surface area contributed by atoms with Gasteiger partial charge in [0.2, 0.25) is 0 Å². The van der Waals surface area contributed by atoms with Gasteiger partial charge in [-0.25, -0.2) is 0 Å². The zero-order chi connectivity index (χ0) is 13.3. The minimum absolute atomic E-state index is 0.100. The lowest BCUT2D eigenvalue weighted by Crippen LogP contribution is -2.13. The van der Waals surface area contributed by atoms with Crippen molar-refractivity contribution in [3.8, 4) is 0 Å². The van der Waals surface area contributed by atoms with Crippen molar-refractivity contribution in [3.05, 3.63) is 46.0 Å². The fourth-order valence-electron chi connectivity index (χ4n) is 1.83. The van der Waals surface area contributed by atoms with Crippen LogP contribution in [0.25, 0.3) is 5.03 Å². The minimum Gasteiger partial charge on any atom is -0.510 e. The van der Waals surface area contributed by atoms with Crippen LogP contribution < -0.4 is 0 Å². The van der Waals surface area contributed by atoms with Crippen LogP contribution in [0, 0.1) is 0 Å². The molecule has 5 heteroatoms. The van der Waals surface area contributed by atoms with E-state index in [1.807, 2.05) is 31.1 Å². The second-order valence-corrected chi connectivity index (χ2v) is 5.31. The molecule has 1 heterocycles. The molecule has 0 aliphatic heterocycles. The number of aromatic nitrogens is 1. The summed E-state index contributed by atoms with van der Waals surface area (Å²) >= 11 is 12.1. The smallest absolute Gasteiger partial charge is 0.117 e. The standard InChI is InChI=1S/C13H14Cl2N2O/c1-17(2)7-8-3-4-9-10(14)5-11(15)13(18)6-12(9)16-8/h3-5,18H,6-7H2,1-2H3. The molecule has 1 N–H and O–H groups in total. The van der Waals surface area contributed by atoms with Gasteiger partial charge in [-0.3, -0.25) is 4.98 Å². The average molecular weight is 285 g/mol. The van der Waals surface area contributed by atoms with Crippen molar-refractivity contribution in [2.45, 2.75) is 13.0 Å². The van der Waals surface area contributed by atoms with Gasteiger partial charge in [0.15, 0.2) is 0 Å². The van der Waals surface area contributed by atoms with Crippen molar-refractivity contribution in [3.63, 3.8) is 0 Å². The Hall–Kier alpha value is -1.03. The van der Waals surface area contributed by atoms with E-state index in [0.717, 1.165) is 23.5 Å². The van der Waals surface area contributed by atoms with E-state index in [4.69, 9.17) is 23.2 Å². The number of aliphatic hydroxyl groups is 1. The van der Waals surface area contributed by atoms with E-state index in [9.17, 15) is 5.11 Å². The van der Waals surface area contributed by atoms with E-state index in [-0.39, 0.29) is 10.8 Å². The van der Waals surface area contributed by atoms with Crippen LogP contribution in [0.2, 0.25) is 0 Å². The summed E-state index contributed by atoms with van der Waals surface area (Å²) in [7, 11) is 3.96. The molecule has 18 heavy (non-hydrogen) atoms. The Morgan fingerprint density at radius 1 is 1.33 bits per heavy atom. The molecule has 0 saturated carbocycles. The molecular formula is C13H14Cl2N2O. The molecule has 96 valence electrons. The molecule has 1 aromatic heterocycles. The number of pyridine rings is 1. The fraction of sp³-hybridized carbons (Fsp3) is 0.308. The Morgan fingerprint density at radius 2 is 2.06 bits per heavy atom. The van der Waals surface area contributed by atoms with E-state index in [1.165, 1.54) is 0 Å². The first-order chi connectivity index (χ1) is 8.47. The second-order valence-electron chi connectivity index (χ2n) is 4.50. The molecule has 1 aromatic rings. The van der Waals surface area contributed by atoms with E-state index in [2.05, 4.69) is 4.98 Å². The zero-order valence-electron chi connectivity index (χ0n) is 10.2. The zero-order valence-corrected chi connectivity index (χ0v) is 11.8. The number of nitrogens with zero attached hydrogens (tertiary/aromatic N) is 2. The molecule has 3 nitrogen and oxygen atoms in total. The topological polar surface area (TPSA) is 36.4 Å². The highest BCUT2D eigenvalue weighted by molar-refractivity contribution is 6.50. The van der Waals surface area contributed by atoms with Crippen molar-refractivity contribution in [2.75, 3.05) is 14.1 Å². The third kappa shape index (κ3) is 2.86. The Kier molecular flexibility index (Phi) is 3.95. The normalized spacial score (nSPS) is 15.5. The van der Waals surface area contributed by atoms with Gasteiger partial charge in [0.1, 0.15) is 5.76 Å². The van der Waals surface area contributed by atoms with Gasteiger partial charge in [0.25, 0.3) is 0 Å². The summed E-state index contributed by atoms with van der Waals surface area (Å²) in [5.41, 5.74) is 2.51. The highest BCUT2D eigenvalue weighted by Gasteiger charge is 2.16. The van der Waals surface area contributed by atoms with Crippen molar-refractivity contribution in [2.24, 2.45) is 0 Å². The molecule has 0 bridgehead atoms. The molecule has 0 atom stereocenters. The van der Waals surface area contributed by atoms with Crippen molar-refractivity contribution < 1.29 is 5.11 Å². The minimum atomic E-state index is 0.100. The molecule has 0 radical (unpaired) electrons. The van der Waals surface area contributed by atoms with E-state index in [0.29, 0.717) is 11.5 Å². The third-order valence-electron chi connectivity index (χ3n) is 2.63. The molecular weight excluding hydrogens is 271 g/mol. The van der Waals surface area contributed by atoms with Gasteiger partial charge in [0.05, 0.1) is 21.5 Å². The number of rotatable bonds is 2. The Bertz CT molecular complexity index is 536. The summed E-state index contributed by atoms with van der Waals surface area (Å²) < 4.78 is 0. The van der Waals surface area contributed by atoms with E-state index < -0.39 is 0 Å². The van der Waals surface area contributed by atoms with Crippen LogP contribution >= 0.6 is 23.2 Å². The summed E-state index contributed by atoms with van der Waals surface area (Å²) in [6.45, 7) is 0.743. The van der Waals surface area contributed by atoms with Gasteiger partial charge >= 0.3 is 0 Å². The molecule has 0 spiro atoms. The monoisotopic (exact) mass is 284 g/mol. The second kappa shape index (κ2) is 5.31. The van der Waals surface area contributed by atoms with Crippen molar-refractivity contribution in [1.29, 1.82) is 0 Å². The fourth-order valence-corrected chi connectivity index (χ4v) is 2.34. The van der Waals surface area contributed by atoms with Gasteiger partial charge in [-0.2, -0.15) is 0 Å². The molecule has 0 unspecified atom stereocenters. The highest BCUT2D eigenvalue weighted by Crippen LogP contribution is 2.30. The maximum Gasteiger partial charge on any atom is 0.117 e. The highest BCUT2D eigenvalue weighted by atomic mass is 35.5. The number of fused-ring (bicyclic) bond motifs is 1. The van der Waals surface area contributed by atoms with Gasteiger partial charge in [-0.05, 0) is 32.3 Å². The van der Waals surface area contributed by atoms with Crippen molar-refractivity contribution >= 4 is 28.2 Å². The summed E-state index contributed by atoms with van der Waals surface area (Å²) in [4.78, 5) is 6.56. The number of aliphatic hydroxyl groups excluding tert-OH is 1. The Balaban J connectivity index is 2.43. The lowest BCUT2D eigenvalue weighted by atomic mass is 10.1. The number of hydrogen-bond donors (Lipinski definition) is 1. The summed E-state index contributed by atoms with van der Waals surface area (Å²) in [5.74, 6) is 0.100. The van der Waals surface area contributed by atoms with Crippen LogP contribution in [-0.2, 0) is 13.0 Å². The lowest BCUT2D eigenvalue weighted by molar-refractivity contribution is 0.390. The van der Waals surface area contributed by atoms with Gasteiger partial charge in [0, 0.05) is 18.5 Å². The molecule has 1 aliphatic carbocycles. The largest absolute Gasteiger partial charge is 0.510 e. The predicted octanol–water partition coefficient (Wildman–Crippen LogP) is 3.29. The van der Waals surface area contributed by atoms with Crippen LogP contribution in [-0.4, -0.2) is 29.1 Å². The predicted molar refractivity (Wildman–Crippen MR) is 74.7 cm³/mol.